The topological polar surface area (TPSA) is 94.4 Å². The number of nitriles is 1. The summed E-state index contributed by atoms with van der Waals surface area (Å²) in [5.74, 6) is -1.35. The van der Waals surface area contributed by atoms with E-state index in [9.17, 15) is 27.6 Å². The monoisotopic (exact) mass is 456 g/mol. The molecule has 5 rings (SSSR count). The third-order valence-corrected chi connectivity index (χ3v) is 6.69. The fraction of sp³-hybridized carbons (Fsp3) is 0.318. The summed E-state index contributed by atoms with van der Waals surface area (Å²) in [5, 5.41) is 9.09. The van der Waals surface area contributed by atoms with Crippen LogP contribution in [-0.4, -0.2) is 63.9 Å². The molecule has 8 nitrogen and oxygen atoms in total. The van der Waals surface area contributed by atoms with Crippen molar-refractivity contribution in [3.63, 3.8) is 0 Å². The third kappa shape index (κ3) is 2.84. The highest BCUT2D eigenvalue weighted by Crippen LogP contribution is 2.45. The first-order chi connectivity index (χ1) is 15.6. The molecule has 3 fully saturated rings. The Morgan fingerprint density at radius 3 is 2.64 bits per heavy atom. The minimum atomic E-state index is -4.73. The minimum Gasteiger partial charge on any atom is -0.287 e. The molecule has 11 heteroatoms. The molecule has 1 spiro atoms. The molecule has 0 radical (unpaired) electrons. The zero-order valence-corrected chi connectivity index (χ0v) is 17.3. The van der Waals surface area contributed by atoms with Crippen molar-refractivity contribution in [3.8, 4) is 6.07 Å². The van der Waals surface area contributed by atoms with E-state index in [1.165, 1.54) is 24.4 Å². The number of hydrogen-bond acceptors (Lipinski definition) is 6. The van der Waals surface area contributed by atoms with Crippen LogP contribution in [0.15, 0.2) is 36.5 Å². The number of fused-ring (bicyclic) bond motifs is 1. The number of anilines is 1. The SMILES string of the molecule is Cc1cc(N2C(=O)C3CN4CC(C(=O)c5ccccc5C(F)(F)F)[N+]3(C4)C2=O)cnc1C#N. The van der Waals surface area contributed by atoms with Crippen molar-refractivity contribution in [2.24, 2.45) is 0 Å². The highest BCUT2D eigenvalue weighted by Gasteiger charge is 2.73. The van der Waals surface area contributed by atoms with E-state index < -0.39 is 51.6 Å². The number of benzene rings is 1. The second-order valence-corrected chi connectivity index (χ2v) is 8.47. The van der Waals surface area contributed by atoms with E-state index in [0.717, 1.165) is 17.0 Å². The molecule has 4 heterocycles. The molecule has 0 saturated carbocycles. The molecule has 168 valence electrons. The van der Waals surface area contributed by atoms with Crippen molar-refractivity contribution in [1.82, 2.24) is 9.88 Å². The smallest absolute Gasteiger partial charge is 0.287 e. The van der Waals surface area contributed by atoms with Gasteiger partial charge in [0.1, 0.15) is 18.4 Å². The molecule has 0 aliphatic carbocycles. The summed E-state index contributed by atoms with van der Waals surface area (Å²) in [6.07, 6.45) is -3.49. The first kappa shape index (κ1) is 21.2. The maximum atomic E-state index is 13.7. The Bertz CT molecular complexity index is 1270. The van der Waals surface area contributed by atoms with Gasteiger partial charge in [-0.05, 0) is 24.6 Å². The number of pyridine rings is 1. The van der Waals surface area contributed by atoms with E-state index in [2.05, 4.69) is 4.98 Å². The molecule has 33 heavy (non-hydrogen) atoms. The summed E-state index contributed by atoms with van der Waals surface area (Å²) in [7, 11) is 0. The van der Waals surface area contributed by atoms with Gasteiger partial charge in [0.05, 0.1) is 30.5 Å². The van der Waals surface area contributed by atoms with Crippen molar-refractivity contribution >= 4 is 23.4 Å². The summed E-state index contributed by atoms with van der Waals surface area (Å²) >= 11 is 0. The summed E-state index contributed by atoms with van der Waals surface area (Å²) in [6.45, 7) is 2.00. The molecule has 3 saturated heterocycles. The predicted molar refractivity (Wildman–Crippen MR) is 107 cm³/mol. The molecule has 2 aromatic rings. The van der Waals surface area contributed by atoms with Crippen LogP contribution in [0.2, 0.25) is 0 Å². The quantitative estimate of drug-likeness (QED) is 0.400. The Labute approximate surface area is 186 Å². The average Bonchev–Trinajstić information content (AvgIpc) is 3.41. The van der Waals surface area contributed by atoms with E-state index in [1.54, 1.807) is 11.8 Å². The molecule has 0 N–H and O–H groups in total. The fourth-order valence-corrected chi connectivity index (χ4v) is 5.20. The average molecular weight is 456 g/mol. The van der Waals surface area contributed by atoms with Crippen molar-refractivity contribution in [1.29, 1.82) is 5.26 Å². The van der Waals surface area contributed by atoms with E-state index in [-0.39, 0.29) is 31.1 Å². The van der Waals surface area contributed by atoms with Crippen molar-refractivity contribution in [3.05, 3.63) is 58.9 Å². The molecular formula is C22H17F3N5O3+. The van der Waals surface area contributed by atoms with Gasteiger partial charge in [0.25, 0.3) is 5.91 Å². The van der Waals surface area contributed by atoms with Crippen molar-refractivity contribution < 1.29 is 32.0 Å². The largest absolute Gasteiger partial charge is 0.433 e. The number of ketones is 1. The number of carbonyl (C=O) groups is 3. The van der Waals surface area contributed by atoms with Crippen LogP contribution >= 0.6 is 0 Å². The predicted octanol–water partition coefficient (Wildman–Crippen LogP) is 2.47. The second kappa shape index (κ2) is 6.94. The number of hydrogen-bond donors (Lipinski definition) is 0. The first-order valence-corrected chi connectivity index (χ1v) is 10.1. The summed E-state index contributed by atoms with van der Waals surface area (Å²) in [6, 6.07) is 5.19. The molecule has 3 aliphatic rings. The number of rotatable bonds is 3. The Hall–Kier alpha value is -3.62. The van der Waals surface area contributed by atoms with Crippen molar-refractivity contribution in [2.45, 2.75) is 25.2 Å². The number of aryl methyl sites for hydroxylation is 1. The number of imide groups is 1. The van der Waals surface area contributed by atoms with Crippen LogP contribution in [-0.2, 0) is 11.0 Å². The number of Topliss-reactive ketones (excluding diaryl/α,β-unsaturated/α-hetero) is 1. The third-order valence-electron chi connectivity index (χ3n) is 6.69. The number of nitrogens with zero attached hydrogens (tertiary/aromatic N) is 5. The maximum Gasteiger partial charge on any atom is 0.433 e. The van der Waals surface area contributed by atoms with Gasteiger partial charge >= 0.3 is 12.2 Å². The van der Waals surface area contributed by atoms with Crippen LogP contribution in [0.25, 0.3) is 0 Å². The maximum absolute atomic E-state index is 13.7. The Morgan fingerprint density at radius 2 is 1.97 bits per heavy atom. The van der Waals surface area contributed by atoms with Gasteiger partial charge in [-0.25, -0.2) is 19.2 Å². The van der Waals surface area contributed by atoms with E-state index in [0.29, 0.717) is 5.56 Å². The standard InChI is InChI=1S/C22H17F3N5O3/c1-12-6-13(8-27-16(12)7-26)29-20(32)18-10-28-9-17(30(18,11-28)21(29)33)19(31)14-4-2-3-5-15(14)22(23,24)25/h2-6,8,17-18H,9-11H2,1H3/q+1. The molecule has 3 amide bonds. The lowest BCUT2D eigenvalue weighted by Crippen LogP contribution is -2.62. The summed E-state index contributed by atoms with van der Waals surface area (Å²) < 4.78 is 40.1. The number of urea groups is 1. The molecular weight excluding hydrogens is 439 g/mol. The number of aromatic nitrogens is 1. The molecule has 4 unspecified atom stereocenters. The minimum absolute atomic E-state index is 0.0685. The molecule has 1 aromatic carbocycles. The van der Waals surface area contributed by atoms with Gasteiger partial charge in [-0.15, -0.1) is 0 Å². The zero-order valence-electron chi connectivity index (χ0n) is 17.3. The Morgan fingerprint density at radius 1 is 1.24 bits per heavy atom. The van der Waals surface area contributed by atoms with Crippen LogP contribution in [0.4, 0.5) is 23.7 Å². The number of alkyl halides is 3. The van der Waals surface area contributed by atoms with E-state index in [4.69, 9.17) is 5.26 Å². The zero-order chi connectivity index (χ0) is 23.7. The van der Waals surface area contributed by atoms with Crippen LogP contribution in [0, 0.1) is 18.3 Å². The molecule has 4 atom stereocenters. The summed E-state index contributed by atoms with van der Waals surface area (Å²) in [4.78, 5) is 47.0. The fourth-order valence-electron chi connectivity index (χ4n) is 5.20. The van der Waals surface area contributed by atoms with Crippen LogP contribution in [0.5, 0.6) is 0 Å². The molecule has 1 aromatic heterocycles. The number of amides is 3. The van der Waals surface area contributed by atoms with Gasteiger partial charge < -0.3 is 0 Å². The van der Waals surface area contributed by atoms with Crippen LogP contribution in [0.1, 0.15) is 27.2 Å². The first-order valence-electron chi connectivity index (χ1n) is 10.1. The summed E-state index contributed by atoms with van der Waals surface area (Å²) in [5.41, 5.74) is -0.786. The molecule has 2 bridgehead atoms. The van der Waals surface area contributed by atoms with Gasteiger partial charge in [0, 0.05) is 5.56 Å². The number of piperazine rings is 1. The lowest BCUT2D eigenvalue weighted by atomic mass is 9.95. The van der Waals surface area contributed by atoms with Crippen LogP contribution in [0.3, 0.4) is 0 Å². The van der Waals surface area contributed by atoms with Crippen LogP contribution < -0.4 is 4.90 Å². The van der Waals surface area contributed by atoms with E-state index >= 15 is 0 Å². The lowest BCUT2D eigenvalue weighted by molar-refractivity contribution is -0.852. The number of quaternary nitrogens is 1. The number of carbonyl (C=O) groups excluding carboxylic acids is 3. The Kier molecular flexibility index (Phi) is 4.46. The molecule has 3 aliphatic heterocycles. The van der Waals surface area contributed by atoms with E-state index in [1.807, 2.05) is 6.07 Å². The normalized spacial score (nSPS) is 28.2. The van der Waals surface area contributed by atoms with Gasteiger partial charge in [-0.2, -0.15) is 23.3 Å². The second-order valence-electron chi connectivity index (χ2n) is 8.47. The van der Waals surface area contributed by atoms with Crippen molar-refractivity contribution in [2.75, 3.05) is 24.7 Å². The Balaban J connectivity index is 1.57. The number of halogens is 3. The highest BCUT2D eigenvalue weighted by molar-refractivity contribution is 6.19. The van der Waals surface area contributed by atoms with Gasteiger partial charge in [-0.1, -0.05) is 18.2 Å². The van der Waals surface area contributed by atoms with Gasteiger partial charge in [0.15, 0.2) is 12.1 Å². The van der Waals surface area contributed by atoms with Gasteiger partial charge in [0.2, 0.25) is 5.78 Å². The lowest BCUT2D eigenvalue weighted by Gasteiger charge is -2.33. The van der Waals surface area contributed by atoms with Gasteiger partial charge in [-0.3, -0.25) is 9.59 Å². The highest BCUT2D eigenvalue weighted by atomic mass is 19.4.